The van der Waals surface area contributed by atoms with Crippen molar-refractivity contribution in [2.75, 3.05) is 7.05 Å². The molecule has 0 spiro atoms. The van der Waals surface area contributed by atoms with E-state index in [0.717, 1.165) is 5.03 Å². The molecule has 5 nitrogen and oxygen atoms in total. The van der Waals surface area contributed by atoms with Crippen molar-refractivity contribution in [1.29, 1.82) is 0 Å². The number of amides is 3. The fourth-order valence-corrected chi connectivity index (χ4v) is 1.73. The summed E-state index contributed by atoms with van der Waals surface area (Å²) in [6, 6.07) is 4.96. The third-order valence-electron chi connectivity index (χ3n) is 1.77. The summed E-state index contributed by atoms with van der Waals surface area (Å²) < 4.78 is 0. The molecule has 6 heteroatoms. The Labute approximate surface area is 98.0 Å². The average molecular weight is 239 g/mol. The van der Waals surface area contributed by atoms with Gasteiger partial charge in [0, 0.05) is 13.2 Å². The van der Waals surface area contributed by atoms with Crippen molar-refractivity contribution in [3.63, 3.8) is 0 Å². The highest BCUT2D eigenvalue weighted by Gasteiger charge is 2.16. The average Bonchev–Trinajstić information content (AvgIpc) is 2.30. The van der Waals surface area contributed by atoms with E-state index < -0.39 is 6.03 Å². The topological polar surface area (TPSA) is 71.1 Å². The van der Waals surface area contributed by atoms with Gasteiger partial charge in [0.05, 0.1) is 10.3 Å². The maximum absolute atomic E-state index is 11.5. The third kappa shape index (κ3) is 3.90. The molecule has 1 unspecified atom stereocenters. The Kier molecular flexibility index (Phi) is 4.78. The molecule has 1 heterocycles. The molecule has 2 N–H and O–H groups in total. The van der Waals surface area contributed by atoms with Gasteiger partial charge in [-0.3, -0.25) is 10.1 Å². The molecule has 1 atom stereocenters. The molecule has 0 saturated heterocycles. The van der Waals surface area contributed by atoms with Crippen LogP contribution in [-0.4, -0.2) is 29.2 Å². The molecule has 0 bridgehead atoms. The van der Waals surface area contributed by atoms with E-state index in [1.807, 2.05) is 12.1 Å². The number of pyridine rings is 1. The van der Waals surface area contributed by atoms with Crippen molar-refractivity contribution < 1.29 is 9.59 Å². The van der Waals surface area contributed by atoms with Crippen LogP contribution in [0.3, 0.4) is 0 Å². The van der Waals surface area contributed by atoms with Crippen LogP contribution in [0.15, 0.2) is 29.4 Å². The van der Waals surface area contributed by atoms with Gasteiger partial charge >= 0.3 is 6.03 Å². The number of thioether (sulfide) groups is 1. The van der Waals surface area contributed by atoms with Crippen LogP contribution in [0.2, 0.25) is 0 Å². The quantitative estimate of drug-likeness (QED) is 0.772. The van der Waals surface area contributed by atoms with Crippen LogP contribution in [0.25, 0.3) is 0 Å². The number of urea groups is 1. The summed E-state index contributed by atoms with van der Waals surface area (Å²) in [5.74, 6) is -0.338. The Hall–Kier alpha value is -1.56. The first-order valence-electron chi connectivity index (χ1n) is 4.73. The molecular weight excluding hydrogens is 226 g/mol. The van der Waals surface area contributed by atoms with Crippen molar-refractivity contribution in [1.82, 2.24) is 15.6 Å². The van der Waals surface area contributed by atoms with Crippen LogP contribution in [0.4, 0.5) is 4.79 Å². The summed E-state index contributed by atoms with van der Waals surface area (Å²) in [5.41, 5.74) is 0. The number of imide groups is 1. The second-order valence-electron chi connectivity index (χ2n) is 3.00. The molecule has 0 aliphatic heterocycles. The highest BCUT2D eigenvalue weighted by atomic mass is 32.2. The van der Waals surface area contributed by atoms with Crippen LogP contribution in [0.1, 0.15) is 6.92 Å². The van der Waals surface area contributed by atoms with Gasteiger partial charge in [-0.2, -0.15) is 0 Å². The van der Waals surface area contributed by atoms with Crippen LogP contribution in [-0.2, 0) is 4.79 Å². The summed E-state index contributed by atoms with van der Waals surface area (Å²) in [5, 5.41) is 4.91. The lowest BCUT2D eigenvalue weighted by atomic mass is 10.4. The predicted molar refractivity (Wildman–Crippen MR) is 62.2 cm³/mol. The smallest absolute Gasteiger partial charge is 0.321 e. The predicted octanol–water partition coefficient (Wildman–Crippen LogP) is 1.02. The van der Waals surface area contributed by atoms with Crippen molar-refractivity contribution in [3.05, 3.63) is 24.4 Å². The number of aromatic nitrogens is 1. The van der Waals surface area contributed by atoms with Crippen LogP contribution in [0, 0.1) is 0 Å². The van der Waals surface area contributed by atoms with Gasteiger partial charge in [-0.1, -0.05) is 17.8 Å². The van der Waals surface area contributed by atoms with Crippen molar-refractivity contribution in [3.8, 4) is 0 Å². The Morgan fingerprint density at radius 2 is 2.19 bits per heavy atom. The van der Waals surface area contributed by atoms with Crippen LogP contribution >= 0.6 is 11.8 Å². The maximum atomic E-state index is 11.5. The van der Waals surface area contributed by atoms with Gasteiger partial charge in [0.15, 0.2) is 0 Å². The number of nitrogens with one attached hydrogen (secondary N) is 2. The van der Waals surface area contributed by atoms with Crippen LogP contribution in [0.5, 0.6) is 0 Å². The highest BCUT2D eigenvalue weighted by molar-refractivity contribution is 8.00. The van der Waals surface area contributed by atoms with Gasteiger partial charge in [0.1, 0.15) is 0 Å². The lowest BCUT2D eigenvalue weighted by Gasteiger charge is -2.09. The first-order valence-corrected chi connectivity index (χ1v) is 5.61. The van der Waals surface area contributed by atoms with E-state index in [4.69, 9.17) is 0 Å². The van der Waals surface area contributed by atoms with Gasteiger partial charge in [-0.15, -0.1) is 0 Å². The van der Waals surface area contributed by atoms with E-state index in [2.05, 4.69) is 15.6 Å². The summed E-state index contributed by atoms with van der Waals surface area (Å²) >= 11 is 1.30. The first kappa shape index (κ1) is 12.5. The number of carbonyl (C=O) groups is 2. The van der Waals surface area contributed by atoms with E-state index in [-0.39, 0.29) is 11.2 Å². The molecule has 86 valence electrons. The summed E-state index contributed by atoms with van der Waals surface area (Å²) in [4.78, 5) is 26.5. The SMILES string of the molecule is CNC(=O)NC(=O)C(C)Sc1ccccn1. The molecule has 1 aromatic heterocycles. The molecular formula is C10H13N3O2S. The molecule has 0 aromatic carbocycles. The Morgan fingerprint density at radius 3 is 2.75 bits per heavy atom. The molecule has 1 rings (SSSR count). The van der Waals surface area contributed by atoms with Crippen molar-refractivity contribution in [2.24, 2.45) is 0 Å². The summed E-state index contributed by atoms with van der Waals surface area (Å²) in [7, 11) is 1.46. The molecule has 0 radical (unpaired) electrons. The minimum absolute atomic E-state index is 0.338. The van der Waals surface area contributed by atoms with E-state index >= 15 is 0 Å². The minimum Gasteiger partial charge on any atom is -0.341 e. The number of hydrogen-bond acceptors (Lipinski definition) is 4. The minimum atomic E-state index is -0.501. The van der Waals surface area contributed by atoms with Crippen molar-refractivity contribution >= 4 is 23.7 Å². The molecule has 0 aliphatic rings. The second-order valence-corrected chi connectivity index (χ2v) is 4.36. The van der Waals surface area contributed by atoms with E-state index in [9.17, 15) is 9.59 Å². The van der Waals surface area contributed by atoms with Gasteiger partial charge < -0.3 is 5.32 Å². The molecule has 0 saturated carbocycles. The fraction of sp³-hybridized carbons (Fsp3) is 0.300. The van der Waals surface area contributed by atoms with Gasteiger partial charge in [-0.25, -0.2) is 9.78 Å². The number of rotatable bonds is 3. The number of carbonyl (C=O) groups excluding carboxylic acids is 2. The Bertz CT molecular complexity index is 370. The van der Waals surface area contributed by atoms with Gasteiger partial charge in [-0.05, 0) is 19.1 Å². The van der Waals surface area contributed by atoms with Gasteiger partial charge in [0.2, 0.25) is 5.91 Å². The monoisotopic (exact) mass is 239 g/mol. The highest BCUT2D eigenvalue weighted by Crippen LogP contribution is 2.20. The maximum Gasteiger partial charge on any atom is 0.321 e. The molecule has 1 aromatic rings. The van der Waals surface area contributed by atoms with E-state index in [1.54, 1.807) is 19.2 Å². The fourth-order valence-electron chi connectivity index (χ4n) is 0.927. The molecule has 3 amide bonds. The largest absolute Gasteiger partial charge is 0.341 e. The lowest BCUT2D eigenvalue weighted by molar-refractivity contribution is -0.119. The lowest BCUT2D eigenvalue weighted by Crippen LogP contribution is -2.41. The zero-order valence-electron chi connectivity index (χ0n) is 9.06. The standard InChI is InChI=1S/C10H13N3O2S/c1-7(9(14)13-10(15)11-2)16-8-5-3-4-6-12-8/h3-7H,1-2H3,(H2,11,13,14,15). The van der Waals surface area contributed by atoms with Crippen molar-refractivity contribution in [2.45, 2.75) is 17.2 Å². The van der Waals surface area contributed by atoms with E-state index in [0.29, 0.717) is 0 Å². The van der Waals surface area contributed by atoms with Gasteiger partial charge in [0.25, 0.3) is 0 Å². The number of hydrogen-bond donors (Lipinski definition) is 2. The Balaban J connectivity index is 2.49. The zero-order chi connectivity index (χ0) is 12.0. The first-order chi connectivity index (χ1) is 7.63. The molecule has 16 heavy (non-hydrogen) atoms. The summed E-state index contributed by atoms with van der Waals surface area (Å²) in [6.07, 6.45) is 1.66. The second kappa shape index (κ2) is 6.12. The normalized spacial score (nSPS) is 11.6. The van der Waals surface area contributed by atoms with E-state index in [1.165, 1.54) is 18.8 Å². The third-order valence-corrected chi connectivity index (χ3v) is 2.82. The molecule has 0 fully saturated rings. The summed E-state index contributed by atoms with van der Waals surface area (Å²) in [6.45, 7) is 1.72. The van der Waals surface area contributed by atoms with Crippen LogP contribution < -0.4 is 10.6 Å². The zero-order valence-corrected chi connectivity index (χ0v) is 9.88. The molecule has 0 aliphatic carbocycles. The number of nitrogens with zero attached hydrogens (tertiary/aromatic N) is 1. The Morgan fingerprint density at radius 1 is 1.44 bits per heavy atom.